The molecule has 11 heavy (non-hydrogen) atoms. The lowest BCUT2D eigenvalue weighted by atomic mass is 9.49. The van der Waals surface area contributed by atoms with Gasteiger partial charge in [0.1, 0.15) is 6.29 Å². The summed E-state index contributed by atoms with van der Waals surface area (Å²) in [6, 6.07) is 0. The van der Waals surface area contributed by atoms with Crippen molar-refractivity contribution in [3.05, 3.63) is 11.6 Å². The summed E-state index contributed by atoms with van der Waals surface area (Å²) in [6.45, 7) is 4.56. The van der Waals surface area contributed by atoms with Gasteiger partial charge in [0.05, 0.1) is 0 Å². The highest BCUT2D eigenvalue weighted by atomic mass is 16.1. The molecule has 3 rings (SSSR count). The first-order valence-corrected chi connectivity index (χ1v) is 4.31. The SMILES string of the molecule is CC1(C)C2CC=C(C=O)[C@H]1C2. The van der Waals surface area contributed by atoms with Crippen LogP contribution in [0.25, 0.3) is 0 Å². The topological polar surface area (TPSA) is 17.1 Å². The summed E-state index contributed by atoms with van der Waals surface area (Å²) in [5.41, 5.74) is 1.46. The summed E-state index contributed by atoms with van der Waals surface area (Å²) in [6.07, 6.45) is 5.54. The maximum absolute atomic E-state index is 10.6. The molecular formula is C10H14O. The van der Waals surface area contributed by atoms with E-state index in [1.54, 1.807) is 0 Å². The van der Waals surface area contributed by atoms with Gasteiger partial charge < -0.3 is 0 Å². The Morgan fingerprint density at radius 3 is 2.73 bits per heavy atom. The number of rotatable bonds is 1. The number of fused-ring (bicyclic) bond motifs is 1. The fourth-order valence-electron chi connectivity index (χ4n) is 2.53. The van der Waals surface area contributed by atoms with Crippen molar-refractivity contribution in [1.29, 1.82) is 0 Å². The van der Waals surface area contributed by atoms with Gasteiger partial charge in [0.15, 0.2) is 0 Å². The van der Waals surface area contributed by atoms with E-state index in [2.05, 4.69) is 19.9 Å². The molecule has 0 aliphatic heterocycles. The van der Waals surface area contributed by atoms with Crippen molar-refractivity contribution in [2.45, 2.75) is 26.7 Å². The van der Waals surface area contributed by atoms with Gasteiger partial charge in [0.25, 0.3) is 0 Å². The number of aldehydes is 1. The molecule has 1 unspecified atom stereocenters. The highest BCUT2D eigenvalue weighted by molar-refractivity contribution is 5.75. The Morgan fingerprint density at radius 2 is 2.36 bits per heavy atom. The van der Waals surface area contributed by atoms with Crippen LogP contribution in [-0.4, -0.2) is 6.29 Å². The van der Waals surface area contributed by atoms with Gasteiger partial charge in [-0.05, 0) is 35.7 Å². The third-order valence-corrected chi connectivity index (χ3v) is 3.65. The fourth-order valence-corrected chi connectivity index (χ4v) is 2.53. The summed E-state index contributed by atoms with van der Waals surface area (Å²) in [7, 11) is 0. The molecule has 0 N–H and O–H groups in total. The zero-order valence-corrected chi connectivity index (χ0v) is 7.13. The first-order valence-electron chi connectivity index (χ1n) is 4.31. The van der Waals surface area contributed by atoms with Gasteiger partial charge in [-0.15, -0.1) is 0 Å². The molecule has 60 valence electrons. The van der Waals surface area contributed by atoms with Gasteiger partial charge >= 0.3 is 0 Å². The van der Waals surface area contributed by atoms with Crippen molar-refractivity contribution in [2.24, 2.45) is 17.3 Å². The van der Waals surface area contributed by atoms with Crippen molar-refractivity contribution in [3.8, 4) is 0 Å². The second-order valence-electron chi connectivity index (χ2n) is 4.36. The smallest absolute Gasteiger partial charge is 0.146 e. The van der Waals surface area contributed by atoms with Gasteiger partial charge in [0, 0.05) is 0 Å². The minimum Gasteiger partial charge on any atom is -0.298 e. The molecule has 1 saturated carbocycles. The number of allylic oxidation sites excluding steroid dienone is 2. The third kappa shape index (κ3) is 0.741. The molecular weight excluding hydrogens is 136 g/mol. The van der Waals surface area contributed by atoms with Crippen LogP contribution in [0.4, 0.5) is 0 Å². The molecule has 1 nitrogen and oxygen atoms in total. The molecule has 0 saturated heterocycles. The van der Waals surface area contributed by atoms with Gasteiger partial charge in [0.2, 0.25) is 0 Å². The molecule has 1 heteroatoms. The van der Waals surface area contributed by atoms with E-state index in [0.29, 0.717) is 11.3 Å². The molecule has 0 aromatic carbocycles. The molecule has 0 aromatic rings. The van der Waals surface area contributed by atoms with Crippen LogP contribution in [-0.2, 0) is 4.79 Å². The van der Waals surface area contributed by atoms with Crippen LogP contribution in [0.2, 0.25) is 0 Å². The quantitative estimate of drug-likeness (QED) is 0.523. The molecule has 2 atom stereocenters. The Bertz CT molecular complexity index is 225. The van der Waals surface area contributed by atoms with Crippen molar-refractivity contribution in [1.82, 2.24) is 0 Å². The molecule has 0 amide bonds. The average Bonchev–Trinajstić information content (AvgIpc) is 2.04. The highest BCUT2D eigenvalue weighted by Crippen LogP contribution is 2.58. The number of carbonyl (C=O) groups excluding carboxylic acids is 1. The molecule has 3 aliphatic rings. The van der Waals surface area contributed by atoms with E-state index >= 15 is 0 Å². The van der Waals surface area contributed by atoms with E-state index < -0.39 is 0 Å². The second kappa shape index (κ2) is 1.96. The minimum atomic E-state index is 0.408. The largest absolute Gasteiger partial charge is 0.298 e. The summed E-state index contributed by atoms with van der Waals surface area (Å²) in [5.74, 6) is 1.41. The second-order valence-corrected chi connectivity index (χ2v) is 4.36. The van der Waals surface area contributed by atoms with E-state index in [1.165, 1.54) is 6.42 Å². The summed E-state index contributed by atoms with van der Waals surface area (Å²) >= 11 is 0. The monoisotopic (exact) mass is 150 g/mol. The zero-order valence-electron chi connectivity index (χ0n) is 7.13. The van der Waals surface area contributed by atoms with Crippen molar-refractivity contribution in [2.75, 3.05) is 0 Å². The Hall–Kier alpha value is -0.590. The van der Waals surface area contributed by atoms with Crippen molar-refractivity contribution in [3.63, 3.8) is 0 Å². The highest BCUT2D eigenvalue weighted by Gasteiger charge is 2.50. The number of hydrogen-bond acceptors (Lipinski definition) is 1. The van der Waals surface area contributed by atoms with Crippen LogP contribution in [0.3, 0.4) is 0 Å². The van der Waals surface area contributed by atoms with E-state index in [0.717, 1.165) is 24.2 Å². The molecule has 0 spiro atoms. The Labute approximate surface area is 67.5 Å². The zero-order chi connectivity index (χ0) is 8.06. The molecule has 0 radical (unpaired) electrons. The fraction of sp³-hybridized carbons (Fsp3) is 0.700. The summed E-state index contributed by atoms with van der Waals surface area (Å²) in [5, 5.41) is 0. The lowest BCUT2D eigenvalue weighted by Crippen LogP contribution is -2.48. The van der Waals surface area contributed by atoms with E-state index in [4.69, 9.17) is 0 Å². The average molecular weight is 150 g/mol. The van der Waals surface area contributed by atoms with E-state index in [9.17, 15) is 4.79 Å². The Kier molecular flexibility index (Phi) is 1.26. The lowest BCUT2D eigenvalue weighted by molar-refractivity contribution is -0.108. The van der Waals surface area contributed by atoms with E-state index in [-0.39, 0.29) is 0 Å². The van der Waals surface area contributed by atoms with Crippen LogP contribution < -0.4 is 0 Å². The van der Waals surface area contributed by atoms with E-state index in [1.807, 2.05) is 0 Å². The Morgan fingerprint density at radius 1 is 1.64 bits per heavy atom. The van der Waals surface area contributed by atoms with Gasteiger partial charge in [-0.25, -0.2) is 0 Å². The molecule has 3 aliphatic carbocycles. The van der Waals surface area contributed by atoms with Crippen molar-refractivity contribution < 1.29 is 4.79 Å². The van der Waals surface area contributed by atoms with Crippen LogP contribution in [0.1, 0.15) is 26.7 Å². The van der Waals surface area contributed by atoms with Crippen molar-refractivity contribution >= 4 is 6.29 Å². The maximum atomic E-state index is 10.6. The normalized spacial score (nSPS) is 38.9. The summed E-state index contributed by atoms with van der Waals surface area (Å²) < 4.78 is 0. The number of carbonyl (C=O) groups is 1. The summed E-state index contributed by atoms with van der Waals surface area (Å²) in [4.78, 5) is 10.6. The van der Waals surface area contributed by atoms with Gasteiger partial charge in [-0.1, -0.05) is 19.9 Å². The molecule has 0 aromatic heterocycles. The molecule has 2 bridgehead atoms. The standard InChI is InChI=1S/C10H14O/c1-10(2)8-4-3-7(6-11)9(10)5-8/h3,6,8-9H,4-5H2,1-2H3/t8?,9-/m1/s1. The minimum absolute atomic E-state index is 0.408. The molecule has 0 heterocycles. The maximum Gasteiger partial charge on any atom is 0.146 e. The van der Waals surface area contributed by atoms with Crippen LogP contribution >= 0.6 is 0 Å². The third-order valence-electron chi connectivity index (χ3n) is 3.65. The first-order chi connectivity index (χ1) is 5.16. The molecule has 1 fully saturated rings. The first kappa shape index (κ1) is 7.08. The number of hydrogen-bond donors (Lipinski definition) is 0. The Balaban J connectivity index is 2.30. The lowest BCUT2D eigenvalue weighted by Gasteiger charge is -2.55. The van der Waals surface area contributed by atoms with Crippen LogP contribution in [0.5, 0.6) is 0 Å². The van der Waals surface area contributed by atoms with Gasteiger partial charge in [-0.3, -0.25) is 4.79 Å². The van der Waals surface area contributed by atoms with Gasteiger partial charge in [-0.2, -0.15) is 0 Å². The predicted molar refractivity (Wildman–Crippen MR) is 44.1 cm³/mol. The predicted octanol–water partition coefficient (Wildman–Crippen LogP) is 2.18. The van der Waals surface area contributed by atoms with Crippen LogP contribution in [0.15, 0.2) is 11.6 Å². The van der Waals surface area contributed by atoms with Crippen LogP contribution in [0, 0.1) is 17.3 Å².